The number of hydrogen-bond donors (Lipinski definition) is 2. The molecular weight excluding hydrogens is 390 g/mol. The Morgan fingerprint density at radius 1 is 1.19 bits per heavy atom. The molecule has 0 radical (unpaired) electrons. The zero-order valence-electron chi connectivity index (χ0n) is 17.5. The lowest BCUT2D eigenvalue weighted by Gasteiger charge is -2.22. The standard InChI is InChI=1S/C25H25N3O3/c1-28(19-6-4-17(5-7-19)16-2-3-16)20-12-18(21-9-11-31-24(21)13-20)14-27-23-15-26-10-8-22(23)25(29)30/h4-8,10,12-13,15-16,27H,2-3,9,11,14H2,1H3,(H,29,30). The van der Waals surface area contributed by atoms with Crippen molar-refractivity contribution in [2.24, 2.45) is 0 Å². The number of ether oxygens (including phenoxy) is 1. The minimum Gasteiger partial charge on any atom is -0.493 e. The van der Waals surface area contributed by atoms with Crippen LogP contribution in [0.3, 0.4) is 0 Å². The van der Waals surface area contributed by atoms with Gasteiger partial charge in [0.15, 0.2) is 0 Å². The van der Waals surface area contributed by atoms with Crippen molar-refractivity contribution in [2.45, 2.75) is 31.7 Å². The fourth-order valence-corrected chi connectivity index (χ4v) is 4.16. The molecule has 1 aliphatic carbocycles. The van der Waals surface area contributed by atoms with Crippen LogP contribution >= 0.6 is 0 Å². The third-order valence-corrected chi connectivity index (χ3v) is 6.13. The lowest BCUT2D eigenvalue weighted by atomic mass is 10.0. The number of nitrogens with one attached hydrogen (secondary N) is 1. The molecule has 2 heterocycles. The topological polar surface area (TPSA) is 74.7 Å². The highest BCUT2D eigenvalue weighted by Crippen LogP contribution is 2.41. The second kappa shape index (κ2) is 7.95. The van der Waals surface area contributed by atoms with Crippen molar-refractivity contribution in [2.75, 3.05) is 23.9 Å². The number of carboxylic acids is 1. The van der Waals surface area contributed by atoms with Gasteiger partial charge < -0.3 is 20.1 Å². The van der Waals surface area contributed by atoms with Gasteiger partial charge in [0.1, 0.15) is 5.75 Å². The van der Waals surface area contributed by atoms with Gasteiger partial charge in [-0.05, 0) is 54.2 Å². The number of pyridine rings is 1. The van der Waals surface area contributed by atoms with Crippen molar-refractivity contribution in [3.63, 3.8) is 0 Å². The van der Waals surface area contributed by atoms with Gasteiger partial charge >= 0.3 is 5.97 Å². The molecule has 2 aromatic carbocycles. The van der Waals surface area contributed by atoms with Crippen LogP contribution in [0, 0.1) is 0 Å². The molecule has 2 aliphatic rings. The number of carboxylic acid groups (broad SMARTS) is 1. The zero-order chi connectivity index (χ0) is 21.4. The van der Waals surface area contributed by atoms with Gasteiger partial charge in [-0.2, -0.15) is 0 Å². The number of hydrogen-bond acceptors (Lipinski definition) is 5. The Balaban J connectivity index is 1.41. The predicted octanol–water partition coefficient (Wildman–Crippen LogP) is 4.97. The third-order valence-electron chi connectivity index (χ3n) is 6.13. The molecule has 1 saturated carbocycles. The summed E-state index contributed by atoms with van der Waals surface area (Å²) < 4.78 is 5.88. The highest BCUT2D eigenvalue weighted by molar-refractivity contribution is 5.93. The highest BCUT2D eigenvalue weighted by atomic mass is 16.5. The van der Waals surface area contributed by atoms with Crippen LogP contribution in [0.5, 0.6) is 5.75 Å². The lowest BCUT2D eigenvalue weighted by Crippen LogP contribution is -2.12. The van der Waals surface area contributed by atoms with E-state index in [1.165, 1.54) is 36.2 Å². The van der Waals surface area contributed by atoms with Gasteiger partial charge in [-0.3, -0.25) is 4.98 Å². The van der Waals surface area contributed by atoms with E-state index in [1.54, 1.807) is 6.20 Å². The van der Waals surface area contributed by atoms with Crippen LogP contribution in [0.1, 0.15) is 45.8 Å². The van der Waals surface area contributed by atoms with Crippen LogP contribution in [-0.4, -0.2) is 29.7 Å². The summed E-state index contributed by atoms with van der Waals surface area (Å²) in [6.07, 6.45) is 6.50. The van der Waals surface area contributed by atoms with Crippen molar-refractivity contribution in [1.82, 2.24) is 4.98 Å². The van der Waals surface area contributed by atoms with Crippen molar-refractivity contribution in [3.05, 3.63) is 77.1 Å². The normalized spacial score (nSPS) is 14.6. The van der Waals surface area contributed by atoms with Gasteiger partial charge in [-0.1, -0.05) is 12.1 Å². The minimum atomic E-state index is -0.971. The van der Waals surface area contributed by atoms with Crippen LogP contribution < -0.4 is 15.0 Å². The molecule has 31 heavy (non-hydrogen) atoms. The molecule has 0 unspecified atom stereocenters. The quantitative estimate of drug-likeness (QED) is 0.567. The van der Waals surface area contributed by atoms with Crippen LogP contribution in [-0.2, 0) is 13.0 Å². The SMILES string of the molecule is CN(c1ccc(C2CC2)cc1)c1cc(CNc2cnccc2C(=O)O)c2c(c1)OCC2. The van der Waals surface area contributed by atoms with E-state index >= 15 is 0 Å². The second-order valence-electron chi connectivity index (χ2n) is 8.18. The smallest absolute Gasteiger partial charge is 0.337 e. The first-order chi connectivity index (χ1) is 15.1. The number of anilines is 3. The Labute approximate surface area is 181 Å². The fourth-order valence-electron chi connectivity index (χ4n) is 4.16. The number of rotatable bonds is 7. The number of benzene rings is 2. The molecular formula is C25H25N3O3. The number of aromatic carboxylic acids is 1. The molecule has 6 nitrogen and oxygen atoms in total. The molecule has 0 saturated heterocycles. The minimum absolute atomic E-state index is 0.215. The summed E-state index contributed by atoms with van der Waals surface area (Å²) in [5.74, 6) is 0.676. The first kappa shape index (κ1) is 19.4. The van der Waals surface area contributed by atoms with Crippen LogP contribution in [0.15, 0.2) is 54.9 Å². The maximum atomic E-state index is 11.5. The summed E-state index contributed by atoms with van der Waals surface area (Å²) in [5.41, 5.74) is 6.60. The Morgan fingerprint density at radius 3 is 2.74 bits per heavy atom. The third kappa shape index (κ3) is 3.93. The van der Waals surface area contributed by atoms with E-state index in [0.717, 1.165) is 35.0 Å². The number of nitrogens with zero attached hydrogens (tertiary/aromatic N) is 2. The Morgan fingerprint density at radius 2 is 2.00 bits per heavy atom. The van der Waals surface area contributed by atoms with E-state index in [4.69, 9.17) is 4.74 Å². The van der Waals surface area contributed by atoms with Gasteiger partial charge in [0.2, 0.25) is 0 Å². The van der Waals surface area contributed by atoms with Crippen LogP contribution in [0.25, 0.3) is 0 Å². The Hall–Kier alpha value is -3.54. The van der Waals surface area contributed by atoms with Gasteiger partial charge in [-0.25, -0.2) is 4.79 Å². The Bertz CT molecular complexity index is 1120. The number of carbonyl (C=O) groups is 1. The summed E-state index contributed by atoms with van der Waals surface area (Å²) in [4.78, 5) is 17.7. The monoisotopic (exact) mass is 415 g/mol. The molecule has 0 amide bonds. The van der Waals surface area contributed by atoms with Gasteiger partial charge in [0.05, 0.1) is 24.1 Å². The summed E-state index contributed by atoms with van der Waals surface area (Å²) in [5, 5.41) is 12.7. The van der Waals surface area contributed by atoms with E-state index < -0.39 is 5.97 Å². The summed E-state index contributed by atoms with van der Waals surface area (Å²) in [7, 11) is 2.06. The molecule has 1 aliphatic heterocycles. The summed E-state index contributed by atoms with van der Waals surface area (Å²) in [6, 6.07) is 14.6. The van der Waals surface area contributed by atoms with Crippen molar-refractivity contribution in [3.8, 4) is 5.75 Å². The zero-order valence-corrected chi connectivity index (χ0v) is 17.5. The lowest BCUT2D eigenvalue weighted by molar-refractivity contribution is 0.0697. The molecule has 1 aromatic heterocycles. The molecule has 0 bridgehead atoms. The van der Waals surface area contributed by atoms with Crippen molar-refractivity contribution >= 4 is 23.0 Å². The van der Waals surface area contributed by atoms with E-state index in [9.17, 15) is 9.90 Å². The van der Waals surface area contributed by atoms with Gasteiger partial charge in [-0.15, -0.1) is 0 Å². The predicted molar refractivity (Wildman–Crippen MR) is 121 cm³/mol. The number of fused-ring (bicyclic) bond motifs is 1. The molecule has 158 valence electrons. The summed E-state index contributed by atoms with van der Waals surface area (Å²) in [6.45, 7) is 1.17. The average molecular weight is 415 g/mol. The van der Waals surface area contributed by atoms with E-state index in [2.05, 4.69) is 58.6 Å². The Kier molecular flexibility index (Phi) is 4.98. The molecule has 0 atom stereocenters. The van der Waals surface area contributed by atoms with E-state index in [1.807, 2.05) is 0 Å². The van der Waals surface area contributed by atoms with Crippen LogP contribution in [0.2, 0.25) is 0 Å². The number of aromatic nitrogens is 1. The largest absolute Gasteiger partial charge is 0.493 e. The molecule has 3 aromatic rings. The molecule has 0 spiro atoms. The van der Waals surface area contributed by atoms with Crippen molar-refractivity contribution < 1.29 is 14.6 Å². The summed E-state index contributed by atoms with van der Waals surface area (Å²) >= 11 is 0. The first-order valence-corrected chi connectivity index (χ1v) is 10.6. The first-order valence-electron chi connectivity index (χ1n) is 10.6. The maximum absolute atomic E-state index is 11.5. The van der Waals surface area contributed by atoms with Crippen molar-refractivity contribution in [1.29, 1.82) is 0 Å². The molecule has 6 heteroatoms. The molecule has 5 rings (SSSR count). The average Bonchev–Trinajstić information content (AvgIpc) is 3.54. The fraction of sp³-hybridized carbons (Fsp3) is 0.280. The van der Waals surface area contributed by atoms with E-state index in [-0.39, 0.29) is 5.56 Å². The maximum Gasteiger partial charge on any atom is 0.337 e. The molecule has 1 fully saturated rings. The second-order valence-corrected chi connectivity index (χ2v) is 8.18. The van der Waals surface area contributed by atoms with E-state index in [0.29, 0.717) is 18.8 Å². The van der Waals surface area contributed by atoms with Gasteiger partial charge in [0, 0.05) is 49.2 Å². The van der Waals surface area contributed by atoms with Crippen LogP contribution in [0.4, 0.5) is 17.1 Å². The van der Waals surface area contributed by atoms with Gasteiger partial charge in [0.25, 0.3) is 0 Å². The molecule has 2 N–H and O–H groups in total. The highest BCUT2D eigenvalue weighted by Gasteiger charge is 2.24.